The van der Waals surface area contributed by atoms with E-state index in [0.717, 1.165) is 115 Å². The number of carbonyl (C=O) groups is 2. The van der Waals surface area contributed by atoms with Crippen LogP contribution in [0.2, 0.25) is 0 Å². The van der Waals surface area contributed by atoms with Crippen LogP contribution in [0.15, 0.2) is 158 Å². The van der Waals surface area contributed by atoms with Crippen molar-refractivity contribution in [3.05, 3.63) is 223 Å². The van der Waals surface area contributed by atoms with Crippen LogP contribution in [0, 0.1) is 26.0 Å². The van der Waals surface area contributed by atoms with E-state index in [1.165, 1.54) is 31.7 Å². The molecule has 2 N–H and O–H groups in total. The summed E-state index contributed by atoms with van der Waals surface area (Å²) >= 11 is 0. The smallest absolute Gasteiger partial charge is 0.343 e. The maximum atomic E-state index is 13.7. The zero-order valence-corrected chi connectivity index (χ0v) is 58.3. The summed E-state index contributed by atoms with van der Waals surface area (Å²) in [5, 5.41) is 21.6. The second-order valence-corrected chi connectivity index (χ2v) is 22.0. The van der Waals surface area contributed by atoms with E-state index in [9.17, 15) is 29.4 Å². The number of fused-ring (bicyclic) bond motifs is 2. The Labute approximate surface area is 582 Å². The Balaban J connectivity index is 0.000000226. The van der Waals surface area contributed by atoms with Gasteiger partial charge in [0.2, 0.25) is 0 Å². The van der Waals surface area contributed by atoms with Crippen LogP contribution in [0.5, 0.6) is 23.0 Å². The Morgan fingerprint density at radius 2 is 1.12 bits per heavy atom. The predicted molar refractivity (Wildman–Crippen MR) is 346 cm³/mol. The van der Waals surface area contributed by atoms with Gasteiger partial charge in [-0.05, 0) is 147 Å². The van der Waals surface area contributed by atoms with Crippen LogP contribution < -0.4 is 25.5 Å². The molecule has 470 valence electrons. The summed E-state index contributed by atoms with van der Waals surface area (Å²) in [6.07, 6.45) is 8.67. The third-order valence-corrected chi connectivity index (χ3v) is 16.1. The molecule has 5 heterocycles. The fourth-order valence-electron chi connectivity index (χ4n) is 11.5. The Kier molecular flexibility index (Phi) is 28.4. The van der Waals surface area contributed by atoms with Gasteiger partial charge in [0.1, 0.15) is 48.4 Å². The Morgan fingerprint density at radius 1 is 0.626 bits per heavy atom. The van der Waals surface area contributed by atoms with Crippen LogP contribution in [0.25, 0.3) is 44.2 Å². The summed E-state index contributed by atoms with van der Waals surface area (Å²) in [7, 11) is 1.68. The average molecular weight is 1380 g/mol. The maximum Gasteiger partial charge on any atom is 0.343 e. The van der Waals surface area contributed by atoms with E-state index in [4.69, 9.17) is 32.5 Å². The number of aromatic carboxylic acids is 1. The molecular weight excluding hydrogens is 1300 g/mol. The zero-order valence-electron chi connectivity index (χ0n) is 52.6. The molecule has 2 aromatic heterocycles. The fraction of sp³-hybridized carbons (Fsp3) is 0.324. The average Bonchev–Trinajstić information content (AvgIpc) is 0.945. The van der Waals surface area contributed by atoms with Crippen molar-refractivity contribution in [3.8, 4) is 45.3 Å². The standard InChI is InChI=1S/C37H34NO6.C30H28NO5.C5H10O2.C2H6.2Y/c1-25-9-5-6-12-29(25)33-31(23-26-13-15-28(16-14-26)42-22-21-38-19-7-8-20-38)30-17-18-32(43-24-27-10-3-2-4-11-27)34(36(39)40)35(30)44-37(33)41;1-20-6-2-3-7-23(20)28-25(24-12-13-27(33)26(19-32)29(24)36-30(28)34)18-21-8-10-22(11-9-21)35-17-16-31-14-4-5-15-31;1-6-5-3-2-4-7-5;1-2;;/h2-4,6,9-18H,7-8,19-24H2,1H3,(H,39,40);3,6-13,19,33H,4-5,14-18H2,1H3;5H,2-4H2,1H3;1-2H3;;/q2*-1;;;;. The maximum absolute atomic E-state index is 13.7. The van der Waals surface area contributed by atoms with E-state index in [1.807, 2.05) is 131 Å². The summed E-state index contributed by atoms with van der Waals surface area (Å²) in [6.45, 7) is 16.5. The van der Waals surface area contributed by atoms with E-state index in [0.29, 0.717) is 59.8 Å². The van der Waals surface area contributed by atoms with Crippen molar-refractivity contribution in [2.45, 2.75) is 92.0 Å². The van der Waals surface area contributed by atoms with Crippen LogP contribution in [-0.2, 0) is 94.3 Å². The number of carboxylic acid groups (broad SMARTS) is 1. The van der Waals surface area contributed by atoms with Crippen molar-refractivity contribution in [1.82, 2.24) is 9.80 Å². The molecule has 0 saturated carbocycles. The molecule has 0 spiro atoms. The molecule has 1 unspecified atom stereocenters. The second kappa shape index (κ2) is 36.0. The van der Waals surface area contributed by atoms with Gasteiger partial charge >= 0.3 is 17.2 Å². The third kappa shape index (κ3) is 18.8. The molecule has 0 amide bonds. The number of aryl methyl sites for hydroxylation is 2. The summed E-state index contributed by atoms with van der Waals surface area (Å²) < 4.78 is 39.3. The number of carbonyl (C=O) groups excluding carboxylic acids is 1. The first-order valence-corrected chi connectivity index (χ1v) is 30.7. The van der Waals surface area contributed by atoms with Crippen LogP contribution in [0.3, 0.4) is 0 Å². The number of benzene rings is 7. The topological polar surface area (TPSA) is 188 Å². The third-order valence-electron chi connectivity index (χ3n) is 16.1. The monoisotopic (exact) mass is 1380 g/mol. The fourth-order valence-corrected chi connectivity index (χ4v) is 11.5. The number of nitrogens with zero attached hydrogens (tertiary/aromatic N) is 2. The van der Waals surface area contributed by atoms with Crippen molar-refractivity contribution >= 4 is 34.2 Å². The van der Waals surface area contributed by atoms with Gasteiger partial charge in [0.25, 0.3) is 0 Å². The van der Waals surface area contributed by atoms with Crippen molar-refractivity contribution in [1.29, 1.82) is 0 Å². The molecule has 1 atom stereocenters. The summed E-state index contributed by atoms with van der Waals surface area (Å²) in [4.78, 5) is 56.1. The van der Waals surface area contributed by atoms with E-state index < -0.39 is 17.2 Å². The molecule has 0 bridgehead atoms. The van der Waals surface area contributed by atoms with Gasteiger partial charge in [0, 0.05) is 121 Å². The number of rotatable bonds is 20. The molecule has 91 heavy (non-hydrogen) atoms. The molecule has 3 aliphatic heterocycles. The Hall–Kier alpha value is -6.65. The Morgan fingerprint density at radius 3 is 1.57 bits per heavy atom. The molecule has 7 aromatic carbocycles. The first-order valence-electron chi connectivity index (χ1n) is 30.7. The van der Waals surface area contributed by atoms with E-state index in [2.05, 4.69) is 21.9 Å². The summed E-state index contributed by atoms with van der Waals surface area (Å²) in [6, 6.07) is 48.7. The van der Waals surface area contributed by atoms with E-state index in [-0.39, 0.29) is 112 Å². The van der Waals surface area contributed by atoms with Gasteiger partial charge in [0.05, 0.1) is 5.56 Å². The van der Waals surface area contributed by atoms with Crippen molar-refractivity contribution in [2.75, 3.05) is 66.2 Å². The van der Waals surface area contributed by atoms with Gasteiger partial charge < -0.3 is 42.7 Å². The SMILES string of the molecule is CC.COC1CCCO1.Cc1c[c-]ccc1-c1c(Cc2ccc(OCCN3CCCC3)cc2)c2ccc(O)c(C=O)c2oc1=O.Cc1c[c-]ccc1-c1c(Cc2ccc(OCCN3CCCC3)cc2)c2ccc(OCc3ccccc3)c(C(=O)O)c2oc1=O.[Y].[Y]. The van der Waals surface area contributed by atoms with Gasteiger partial charge in [-0.1, -0.05) is 82.3 Å². The number of phenols is 1. The molecule has 3 fully saturated rings. The summed E-state index contributed by atoms with van der Waals surface area (Å²) in [5.74, 6) is 0.268. The minimum absolute atomic E-state index is 0. The molecular formula is C74H78N2O13Y2-2. The number of hydrogen-bond acceptors (Lipinski definition) is 14. The van der Waals surface area contributed by atoms with Crippen molar-refractivity contribution in [2.24, 2.45) is 0 Å². The molecule has 15 nitrogen and oxygen atoms in total. The second-order valence-electron chi connectivity index (χ2n) is 22.0. The molecule has 3 saturated heterocycles. The van der Waals surface area contributed by atoms with Gasteiger partial charge in [-0.3, -0.25) is 14.6 Å². The number of likely N-dealkylation sites (tertiary alicyclic amines) is 2. The zero-order chi connectivity index (χ0) is 62.7. The minimum atomic E-state index is -1.23. The Bertz CT molecular complexity index is 3930. The largest absolute Gasteiger partial charge is 0.507 e. The number of hydrogen-bond donors (Lipinski definition) is 2. The molecule has 12 rings (SSSR count). The van der Waals surface area contributed by atoms with E-state index in [1.54, 1.807) is 37.4 Å². The number of carboxylic acids is 1. The molecule has 9 aromatic rings. The quantitative estimate of drug-likeness (QED) is 0.0416. The molecule has 17 heteroatoms. The summed E-state index contributed by atoms with van der Waals surface area (Å²) in [5.41, 5.74) is 7.05. The molecule has 2 radical (unpaired) electrons. The van der Waals surface area contributed by atoms with Crippen LogP contribution >= 0.6 is 0 Å². The van der Waals surface area contributed by atoms with Crippen molar-refractivity contribution in [3.63, 3.8) is 0 Å². The number of aldehydes is 1. The van der Waals surface area contributed by atoms with Gasteiger partial charge in [-0.15, -0.1) is 11.1 Å². The van der Waals surface area contributed by atoms with Crippen molar-refractivity contribution < 1.29 is 118 Å². The van der Waals surface area contributed by atoms with Gasteiger partial charge in [-0.2, -0.15) is 59.7 Å². The van der Waals surface area contributed by atoms with Gasteiger partial charge in [0.15, 0.2) is 23.7 Å². The molecule has 3 aliphatic rings. The first-order chi connectivity index (χ1) is 43.5. The number of phenolic OH excluding ortho intramolecular Hbond substituents is 1. The number of ether oxygens (including phenoxy) is 5. The van der Waals surface area contributed by atoms with Crippen LogP contribution in [0.4, 0.5) is 0 Å². The predicted octanol–water partition coefficient (Wildman–Crippen LogP) is 13.9. The normalized spacial score (nSPS) is 14.4. The molecule has 0 aliphatic carbocycles. The van der Waals surface area contributed by atoms with Crippen LogP contribution in [-0.4, -0.2) is 105 Å². The van der Waals surface area contributed by atoms with Crippen LogP contribution in [0.1, 0.15) is 112 Å². The number of aromatic hydroxyl groups is 1. The number of methoxy groups -OCH3 is 1. The first kappa shape index (κ1) is 71.8. The van der Waals surface area contributed by atoms with Gasteiger partial charge in [-0.25, -0.2) is 14.4 Å². The minimum Gasteiger partial charge on any atom is -0.507 e. The van der Waals surface area contributed by atoms with E-state index >= 15 is 0 Å².